The summed E-state index contributed by atoms with van der Waals surface area (Å²) in [5.41, 5.74) is 0. The zero-order valence-electron chi connectivity index (χ0n) is 10.4. The van der Waals surface area contributed by atoms with Crippen molar-refractivity contribution in [3.05, 3.63) is 22.4 Å². The van der Waals surface area contributed by atoms with Crippen LogP contribution in [0.15, 0.2) is 17.5 Å². The SMILES string of the molecule is CCOC(=O)CC1CCC(=O)N1Cc1cccs1. The predicted octanol–water partition coefficient (Wildman–Crippen LogP) is 2.19. The summed E-state index contributed by atoms with van der Waals surface area (Å²) in [6.45, 7) is 2.80. The molecular weight excluding hydrogens is 250 g/mol. The maximum Gasteiger partial charge on any atom is 0.307 e. The Morgan fingerprint density at radius 1 is 1.61 bits per heavy atom. The third-order valence-corrected chi connectivity index (χ3v) is 3.93. The number of rotatable bonds is 5. The molecule has 1 aliphatic rings. The van der Waals surface area contributed by atoms with E-state index in [0.29, 0.717) is 26.0 Å². The summed E-state index contributed by atoms with van der Waals surface area (Å²) >= 11 is 1.63. The molecule has 2 rings (SSSR count). The molecule has 18 heavy (non-hydrogen) atoms. The smallest absolute Gasteiger partial charge is 0.307 e. The Morgan fingerprint density at radius 3 is 3.11 bits per heavy atom. The lowest BCUT2D eigenvalue weighted by molar-refractivity contribution is -0.144. The Morgan fingerprint density at radius 2 is 2.44 bits per heavy atom. The Hall–Kier alpha value is -1.36. The van der Waals surface area contributed by atoms with Crippen LogP contribution in [0.25, 0.3) is 0 Å². The lowest BCUT2D eigenvalue weighted by Crippen LogP contribution is -2.34. The minimum absolute atomic E-state index is 0.00125. The van der Waals surface area contributed by atoms with E-state index in [2.05, 4.69) is 0 Å². The predicted molar refractivity (Wildman–Crippen MR) is 69.1 cm³/mol. The van der Waals surface area contributed by atoms with Crippen molar-refractivity contribution in [3.8, 4) is 0 Å². The molecule has 0 saturated carbocycles. The van der Waals surface area contributed by atoms with Crippen molar-refractivity contribution in [1.29, 1.82) is 0 Å². The van der Waals surface area contributed by atoms with E-state index in [-0.39, 0.29) is 17.9 Å². The highest BCUT2D eigenvalue weighted by Gasteiger charge is 2.32. The van der Waals surface area contributed by atoms with Crippen LogP contribution in [-0.2, 0) is 20.9 Å². The van der Waals surface area contributed by atoms with Gasteiger partial charge >= 0.3 is 5.97 Å². The second-order valence-corrected chi connectivity index (χ2v) is 5.33. The molecule has 5 heteroatoms. The zero-order chi connectivity index (χ0) is 13.0. The van der Waals surface area contributed by atoms with E-state index in [0.717, 1.165) is 11.3 Å². The summed E-state index contributed by atoms with van der Waals surface area (Å²) in [5, 5.41) is 2.00. The van der Waals surface area contributed by atoms with Gasteiger partial charge in [0.25, 0.3) is 0 Å². The molecule has 1 unspecified atom stereocenters. The van der Waals surface area contributed by atoms with Gasteiger partial charge in [0.05, 0.1) is 19.6 Å². The Labute approximate surface area is 111 Å². The molecule has 0 aromatic carbocycles. The lowest BCUT2D eigenvalue weighted by Gasteiger charge is -2.23. The highest BCUT2D eigenvalue weighted by molar-refractivity contribution is 7.09. The first-order valence-corrected chi connectivity index (χ1v) is 7.06. The highest BCUT2D eigenvalue weighted by atomic mass is 32.1. The van der Waals surface area contributed by atoms with Crippen LogP contribution in [-0.4, -0.2) is 29.4 Å². The first kappa shape index (κ1) is 13.1. The third-order valence-electron chi connectivity index (χ3n) is 3.07. The van der Waals surface area contributed by atoms with Crippen molar-refractivity contribution in [2.24, 2.45) is 0 Å². The number of nitrogens with zero attached hydrogens (tertiary/aromatic N) is 1. The number of carbonyl (C=O) groups is 2. The molecule has 4 nitrogen and oxygen atoms in total. The molecule has 1 amide bonds. The van der Waals surface area contributed by atoms with Gasteiger partial charge in [-0.05, 0) is 24.8 Å². The standard InChI is InChI=1S/C13H17NO3S/c1-2-17-13(16)8-10-5-6-12(15)14(10)9-11-4-3-7-18-11/h3-4,7,10H,2,5-6,8-9H2,1H3. The summed E-state index contributed by atoms with van der Waals surface area (Å²) in [7, 11) is 0. The number of carbonyl (C=O) groups excluding carboxylic acids is 2. The van der Waals surface area contributed by atoms with E-state index in [1.165, 1.54) is 0 Å². The molecule has 1 aromatic rings. The Kier molecular flexibility index (Phi) is 4.36. The largest absolute Gasteiger partial charge is 0.466 e. The normalized spacial score (nSPS) is 19.3. The summed E-state index contributed by atoms with van der Waals surface area (Å²) in [6, 6.07) is 3.98. The van der Waals surface area contributed by atoms with Crippen molar-refractivity contribution >= 4 is 23.2 Å². The average Bonchev–Trinajstić information content (AvgIpc) is 2.94. The van der Waals surface area contributed by atoms with Gasteiger partial charge in [0.1, 0.15) is 0 Å². The maximum atomic E-state index is 11.8. The van der Waals surface area contributed by atoms with Crippen LogP contribution in [0.5, 0.6) is 0 Å². The number of ether oxygens (including phenoxy) is 1. The van der Waals surface area contributed by atoms with Gasteiger partial charge in [-0.25, -0.2) is 0 Å². The molecule has 0 spiro atoms. The van der Waals surface area contributed by atoms with E-state index >= 15 is 0 Å². The molecule has 0 aliphatic carbocycles. The van der Waals surface area contributed by atoms with Crippen molar-refractivity contribution < 1.29 is 14.3 Å². The van der Waals surface area contributed by atoms with E-state index in [1.807, 2.05) is 22.4 Å². The molecule has 0 bridgehead atoms. The molecule has 0 N–H and O–H groups in total. The molecule has 1 aliphatic heterocycles. The number of esters is 1. The maximum absolute atomic E-state index is 11.8. The molecular formula is C13H17NO3S. The van der Waals surface area contributed by atoms with Gasteiger partial charge in [0, 0.05) is 17.3 Å². The molecule has 0 radical (unpaired) electrons. The summed E-state index contributed by atoms with van der Waals surface area (Å²) in [4.78, 5) is 26.3. The summed E-state index contributed by atoms with van der Waals surface area (Å²) < 4.78 is 4.95. The second kappa shape index (κ2) is 6.00. The first-order valence-electron chi connectivity index (χ1n) is 6.18. The van der Waals surface area contributed by atoms with Crippen molar-refractivity contribution in [1.82, 2.24) is 4.90 Å². The topological polar surface area (TPSA) is 46.6 Å². The van der Waals surface area contributed by atoms with Crippen molar-refractivity contribution in [2.75, 3.05) is 6.61 Å². The minimum Gasteiger partial charge on any atom is -0.466 e. The fraction of sp³-hybridized carbons (Fsp3) is 0.538. The van der Waals surface area contributed by atoms with Gasteiger partial charge in [-0.15, -0.1) is 11.3 Å². The van der Waals surface area contributed by atoms with E-state index in [4.69, 9.17) is 4.74 Å². The van der Waals surface area contributed by atoms with Crippen molar-refractivity contribution in [2.45, 2.75) is 38.8 Å². The van der Waals surface area contributed by atoms with Crippen molar-refractivity contribution in [3.63, 3.8) is 0 Å². The summed E-state index contributed by atoms with van der Waals surface area (Å²) in [5.74, 6) is -0.0777. The molecule has 1 atom stereocenters. The zero-order valence-corrected chi connectivity index (χ0v) is 11.2. The van der Waals surface area contributed by atoms with E-state index < -0.39 is 0 Å². The second-order valence-electron chi connectivity index (χ2n) is 4.30. The van der Waals surface area contributed by atoms with Crippen LogP contribution < -0.4 is 0 Å². The van der Waals surface area contributed by atoms with Crippen LogP contribution in [0.4, 0.5) is 0 Å². The van der Waals surface area contributed by atoms with E-state index in [1.54, 1.807) is 18.3 Å². The Bertz CT molecular complexity index is 416. The summed E-state index contributed by atoms with van der Waals surface area (Å²) in [6.07, 6.45) is 1.60. The molecule has 1 saturated heterocycles. The monoisotopic (exact) mass is 267 g/mol. The van der Waals surface area contributed by atoms with Crippen LogP contribution >= 0.6 is 11.3 Å². The van der Waals surface area contributed by atoms with Gasteiger partial charge in [0.15, 0.2) is 0 Å². The number of hydrogen-bond donors (Lipinski definition) is 0. The quantitative estimate of drug-likeness (QED) is 0.768. The van der Waals surface area contributed by atoms with Crippen LogP contribution in [0.1, 0.15) is 31.1 Å². The molecule has 2 heterocycles. The number of thiophene rings is 1. The number of amides is 1. The third kappa shape index (κ3) is 3.10. The number of hydrogen-bond acceptors (Lipinski definition) is 4. The van der Waals surface area contributed by atoms with Crippen LogP contribution in [0.3, 0.4) is 0 Å². The Balaban J connectivity index is 1.97. The minimum atomic E-state index is -0.214. The lowest BCUT2D eigenvalue weighted by atomic mass is 10.1. The number of likely N-dealkylation sites (tertiary alicyclic amines) is 1. The fourth-order valence-electron chi connectivity index (χ4n) is 2.21. The van der Waals surface area contributed by atoms with Crippen LogP contribution in [0.2, 0.25) is 0 Å². The highest BCUT2D eigenvalue weighted by Crippen LogP contribution is 2.25. The average molecular weight is 267 g/mol. The van der Waals surface area contributed by atoms with Crippen LogP contribution in [0, 0.1) is 0 Å². The fourth-order valence-corrected chi connectivity index (χ4v) is 2.91. The van der Waals surface area contributed by atoms with Gasteiger partial charge in [-0.1, -0.05) is 6.07 Å². The molecule has 1 aromatic heterocycles. The molecule has 98 valence electrons. The van der Waals surface area contributed by atoms with Gasteiger partial charge < -0.3 is 9.64 Å². The van der Waals surface area contributed by atoms with Gasteiger partial charge in [-0.2, -0.15) is 0 Å². The van der Waals surface area contributed by atoms with E-state index in [9.17, 15) is 9.59 Å². The molecule has 1 fully saturated rings. The first-order chi connectivity index (χ1) is 8.70. The van der Waals surface area contributed by atoms with Gasteiger partial charge in [-0.3, -0.25) is 9.59 Å². The van der Waals surface area contributed by atoms with Gasteiger partial charge in [0.2, 0.25) is 5.91 Å².